The topological polar surface area (TPSA) is 96.3 Å². The molecule has 9 heteroatoms. The fourth-order valence-corrected chi connectivity index (χ4v) is 2.90. The maximum atomic E-state index is 14.1. The lowest BCUT2D eigenvalue weighted by Crippen LogP contribution is -2.25. The lowest BCUT2D eigenvalue weighted by Gasteiger charge is -2.13. The summed E-state index contributed by atoms with van der Waals surface area (Å²) in [7, 11) is 3.77. The molecular weight excluding hydrogens is 413 g/mol. The molecule has 0 unspecified atom stereocenters. The number of rotatable bonds is 7. The van der Waals surface area contributed by atoms with Crippen molar-refractivity contribution < 1.29 is 14.0 Å². The zero-order valence-electron chi connectivity index (χ0n) is 18.1. The second kappa shape index (κ2) is 9.97. The number of aromatic nitrogens is 2. The molecule has 166 valence electrons. The highest BCUT2D eigenvalue weighted by atomic mass is 19.1. The predicted octanol–water partition coefficient (Wildman–Crippen LogP) is 2.82. The standard InChI is InChI=1S/C23H24FN5O3/c1-15-8-9-16(14-19(15)26-21(30)12-13-28(2)3)25-23(32)18-10-11-22(31)29(27-18)20-7-5-4-6-17(20)24/h4-11,14H,12-13H2,1-3H3,(H,25,32)(H,26,30). The number of para-hydroxylation sites is 1. The number of hydrogen-bond donors (Lipinski definition) is 2. The van der Waals surface area contributed by atoms with Crippen LogP contribution in [0.2, 0.25) is 0 Å². The van der Waals surface area contributed by atoms with Crippen molar-refractivity contribution in [3.05, 3.63) is 82.0 Å². The first kappa shape index (κ1) is 22.8. The van der Waals surface area contributed by atoms with Gasteiger partial charge in [-0.2, -0.15) is 9.78 Å². The second-order valence-electron chi connectivity index (χ2n) is 7.51. The van der Waals surface area contributed by atoms with E-state index in [0.717, 1.165) is 16.3 Å². The van der Waals surface area contributed by atoms with Crippen molar-refractivity contribution in [2.24, 2.45) is 0 Å². The molecule has 32 heavy (non-hydrogen) atoms. The third-order valence-corrected chi connectivity index (χ3v) is 4.67. The highest BCUT2D eigenvalue weighted by molar-refractivity contribution is 6.03. The number of carbonyl (C=O) groups excluding carboxylic acids is 2. The lowest BCUT2D eigenvalue weighted by atomic mass is 10.1. The van der Waals surface area contributed by atoms with Gasteiger partial charge < -0.3 is 15.5 Å². The van der Waals surface area contributed by atoms with Crippen LogP contribution in [0.5, 0.6) is 0 Å². The molecule has 2 N–H and O–H groups in total. The molecule has 2 aromatic carbocycles. The van der Waals surface area contributed by atoms with Crippen molar-refractivity contribution in [2.75, 3.05) is 31.3 Å². The van der Waals surface area contributed by atoms with Crippen LogP contribution >= 0.6 is 0 Å². The summed E-state index contributed by atoms with van der Waals surface area (Å²) in [5.74, 6) is -1.35. The predicted molar refractivity (Wildman–Crippen MR) is 121 cm³/mol. The third kappa shape index (κ3) is 5.64. The van der Waals surface area contributed by atoms with Crippen molar-refractivity contribution in [1.29, 1.82) is 0 Å². The van der Waals surface area contributed by atoms with Crippen molar-refractivity contribution in [3.8, 4) is 5.69 Å². The monoisotopic (exact) mass is 437 g/mol. The smallest absolute Gasteiger partial charge is 0.276 e. The number of benzene rings is 2. The van der Waals surface area contributed by atoms with E-state index in [2.05, 4.69) is 15.7 Å². The Morgan fingerprint density at radius 1 is 1.06 bits per heavy atom. The Hall–Kier alpha value is -3.85. The van der Waals surface area contributed by atoms with Crippen molar-refractivity contribution in [2.45, 2.75) is 13.3 Å². The summed E-state index contributed by atoms with van der Waals surface area (Å²) in [6.07, 6.45) is 0.338. The molecular formula is C23H24FN5O3. The summed E-state index contributed by atoms with van der Waals surface area (Å²) < 4.78 is 14.9. The molecule has 0 spiro atoms. The molecule has 0 aliphatic rings. The molecule has 8 nitrogen and oxygen atoms in total. The van der Waals surface area contributed by atoms with E-state index in [1.54, 1.807) is 24.3 Å². The van der Waals surface area contributed by atoms with E-state index >= 15 is 0 Å². The highest BCUT2D eigenvalue weighted by Gasteiger charge is 2.14. The van der Waals surface area contributed by atoms with Crippen LogP contribution in [0.1, 0.15) is 22.5 Å². The Kier molecular flexibility index (Phi) is 7.11. The van der Waals surface area contributed by atoms with E-state index in [-0.39, 0.29) is 17.3 Å². The molecule has 0 atom stereocenters. The summed E-state index contributed by atoms with van der Waals surface area (Å²) in [4.78, 5) is 38.9. The summed E-state index contributed by atoms with van der Waals surface area (Å²) in [6.45, 7) is 2.46. The van der Waals surface area contributed by atoms with E-state index in [4.69, 9.17) is 0 Å². The van der Waals surface area contributed by atoms with Gasteiger partial charge >= 0.3 is 0 Å². The van der Waals surface area contributed by atoms with Crippen LogP contribution in [-0.2, 0) is 4.79 Å². The largest absolute Gasteiger partial charge is 0.326 e. The lowest BCUT2D eigenvalue weighted by molar-refractivity contribution is -0.116. The fourth-order valence-electron chi connectivity index (χ4n) is 2.90. The van der Waals surface area contributed by atoms with Crippen LogP contribution in [0.25, 0.3) is 5.69 Å². The molecule has 0 aliphatic heterocycles. The van der Waals surface area contributed by atoms with Crippen LogP contribution in [0.3, 0.4) is 0 Å². The van der Waals surface area contributed by atoms with E-state index < -0.39 is 17.3 Å². The van der Waals surface area contributed by atoms with Crippen LogP contribution in [0.4, 0.5) is 15.8 Å². The van der Waals surface area contributed by atoms with Gasteiger partial charge in [0, 0.05) is 30.4 Å². The molecule has 0 bridgehead atoms. The molecule has 0 fully saturated rings. The number of hydrogen-bond acceptors (Lipinski definition) is 5. The second-order valence-corrected chi connectivity index (χ2v) is 7.51. The summed E-state index contributed by atoms with van der Waals surface area (Å²) >= 11 is 0. The molecule has 1 heterocycles. The number of aryl methyl sites for hydroxylation is 1. The summed E-state index contributed by atoms with van der Waals surface area (Å²) in [5.41, 5.74) is 1.18. The number of halogens is 1. The Bertz CT molecular complexity index is 1210. The SMILES string of the molecule is Cc1ccc(NC(=O)c2ccc(=O)n(-c3ccccc3F)n2)cc1NC(=O)CCN(C)C. The average Bonchev–Trinajstić information content (AvgIpc) is 2.75. The van der Waals surface area contributed by atoms with Gasteiger partial charge in [0.25, 0.3) is 11.5 Å². The van der Waals surface area contributed by atoms with Crippen molar-refractivity contribution in [3.63, 3.8) is 0 Å². The van der Waals surface area contributed by atoms with Gasteiger partial charge in [-0.05, 0) is 56.9 Å². The van der Waals surface area contributed by atoms with Gasteiger partial charge in [-0.25, -0.2) is 4.39 Å². The van der Waals surface area contributed by atoms with Gasteiger partial charge in [0.1, 0.15) is 17.2 Å². The van der Waals surface area contributed by atoms with Gasteiger partial charge in [-0.15, -0.1) is 0 Å². The molecule has 0 radical (unpaired) electrons. The van der Waals surface area contributed by atoms with Crippen molar-refractivity contribution >= 4 is 23.2 Å². The van der Waals surface area contributed by atoms with Gasteiger partial charge in [0.05, 0.1) is 0 Å². The number of carbonyl (C=O) groups is 2. The first-order valence-corrected chi connectivity index (χ1v) is 9.96. The molecule has 1 aromatic heterocycles. The Labute approximate surface area is 184 Å². The first-order chi connectivity index (χ1) is 15.2. The highest BCUT2D eigenvalue weighted by Crippen LogP contribution is 2.21. The fraction of sp³-hybridized carbons (Fsp3) is 0.217. The maximum Gasteiger partial charge on any atom is 0.276 e. The third-order valence-electron chi connectivity index (χ3n) is 4.67. The van der Waals surface area contributed by atoms with E-state index in [0.29, 0.717) is 24.3 Å². The summed E-state index contributed by atoms with van der Waals surface area (Å²) in [6, 6.07) is 13.2. The average molecular weight is 437 g/mol. The van der Waals surface area contributed by atoms with Gasteiger partial charge in [-0.1, -0.05) is 18.2 Å². The molecule has 0 saturated heterocycles. The van der Waals surface area contributed by atoms with Gasteiger partial charge in [0.15, 0.2) is 0 Å². The van der Waals surface area contributed by atoms with Crippen LogP contribution < -0.4 is 16.2 Å². The van der Waals surface area contributed by atoms with Crippen LogP contribution in [-0.4, -0.2) is 47.1 Å². The van der Waals surface area contributed by atoms with Crippen LogP contribution in [0.15, 0.2) is 59.4 Å². The zero-order chi connectivity index (χ0) is 23.3. The number of nitrogens with zero attached hydrogens (tertiary/aromatic N) is 3. The minimum atomic E-state index is -0.632. The Balaban J connectivity index is 1.79. The van der Waals surface area contributed by atoms with Gasteiger partial charge in [0.2, 0.25) is 5.91 Å². The van der Waals surface area contributed by atoms with E-state index in [1.165, 1.54) is 24.3 Å². The molecule has 0 saturated carbocycles. The van der Waals surface area contributed by atoms with Gasteiger partial charge in [-0.3, -0.25) is 14.4 Å². The zero-order valence-corrected chi connectivity index (χ0v) is 18.1. The summed E-state index contributed by atoms with van der Waals surface area (Å²) in [5, 5.41) is 9.54. The first-order valence-electron chi connectivity index (χ1n) is 9.96. The quantitative estimate of drug-likeness (QED) is 0.593. The number of anilines is 2. The van der Waals surface area contributed by atoms with E-state index in [1.807, 2.05) is 25.9 Å². The molecule has 2 amide bonds. The van der Waals surface area contributed by atoms with E-state index in [9.17, 15) is 18.8 Å². The maximum absolute atomic E-state index is 14.1. The molecule has 3 rings (SSSR count). The van der Waals surface area contributed by atoms with Crippen molar-refractivity contribution in [1.82, 2.24) is 14.7 Å². The minimum Gasteiger partial charge on any atom is -0.326 e. The molecule has 3 aromatic rings. The number of nitrogens with one attached hydrogen (secondary N) is 2. The number of amides is 2. The van der Waals surface area contributed by atoms with Crippen LogP contribution in [0, 0.1) is 12.7 Å². The Morgan fingerprint density at radius 3 is 2.53 bits per heavy atom. The normalized spacial score (nSPS) is 10.8. The minimum absolute atomic E-state index is 0.0507. The Morgan fingerprint density at radius 2 is 1.81 bits per heavy atom. The molecule has 0 aliphatic carbocycles.